The van der Waals surface area contributed by atoms with E-state index in [0.29, 0.717) is 6.54 Å². The molecule has 0 saturated heterocycles. The van der Waals surface area contributed by atoms with E-state index in [4.69, 9.17) is 5.26 Å². The first-order valence-electron chi connectivity index (χ1n) is 5.37. The standard InChI is InChI=1S/C13H15FN2O/c1-9-4-5-11(12(14)6-9)13(17)16(3)8-10(2)7-15/h4-6,10H,8H2,1-3H3. The SMILES string of the molecule is Cc1ccc(C(=O)N(C)CC(C)C#N)c(F)c1. The van der Waals surface area contributed by atoms with E-state index in [0.717, 1.165) is 5.56 Å². The second-order valence-electron chi connectivity index (χ2n) is 4.20. The molecule has 0 saturated carbocycles. The summed E-state index contributed by atoms with van der Waals surface area (Å²) in [7, 11) is 1.56. The van der Waals surface area contributed by atoms with Crippen molar-refractivity contribution in [3.63, 3.8) is 0 Å². The average molecular weight is 234 g/mol. The highest BCUT2D eigenvalue weighted by Crippen LogP contribution is 2.12. The fourth-order valence-electron chi connectivity index (χ4n) is 1.53. The normalized spacial score (nSPS) is 11.7. The van der Waals surface area contributed by atoms with Gasteiger partial charge in [0.15, 0.2) is 0 Å². The second kappa shape index (κ2) is 5.44. The topological polar surface area (TPSA) is 44.1 Å². The van der Waals surface area contributed by atoms with Crippen LogP contribution in [0.5, 0.6) is 0 Å². The Balaban J connectivity index is 2.86. The third-order valence-electron chi connectivity index (χ3n) is 2.47. The Labute approximate surface area is 100 Å². The number of hydrogen-bond acceptors (Lipinski definition) is 2. The molecule has 1 aromatic rings. The molecule has 0 aliphatic rings. The molecular formula is C13H15FN2O. The highest BCUT2D eigenvalue weighted by Gasteiger charge is 2.17. The maximum absolute atomic E-state index is 13.6. The van der Waals surface area contributed by atoms with Gasteiger partial charge in [-0.05, 0) is 31.5 Å². The molecule has 1 amide bonds. The maximum Gasteiger partial charge on any atom is 0.256 e. The van der Waals surface area contributed by atoms with Crippen LogP contribution in [0.1, 0.15) is 22.8 Å². The first kappa shape index (κ1) is 13.2. The monoisotopic (exact) mass is 234 g/mol. The number of nitriles is 1. The molecule has 1 rings (SSSR count). The molecule has 0 bridgehead atoms. The fourth-order valence-corrected chi connectivity index (χ4v) is 1.53. The summed E-state index contributed by atoms with van der Waals surface area (Å²) in [6.45, 7) is 3.77. The van der Waals surface area contributed by atoms with E-state index < -0.39 is 11.7 Å². The lowest BCUT2D eigenvalue weighted by molar-refractivity contribution is 0.0780. The van der Waals surface area contributed by atoms with Crippen molar-refractivity contribution in [3.05, 3.63) is 35.1 Å². The molecular weight excluding hydrogens is 219 g/mol. The number of rotatable bonds is 3. The summed E-state index contributed by atoms with van der Waals surface area (Å²) in [6, 6.07) is 6.53. The van der Waals surface area contributed by atoms with Gasteiger partial charge >= 0.3 is 0 Å². The Bertz CT molecular complexity index is 465. The minimum atomic E-state index is -0.522. The molecule has 4 heteroatoms. The van der Waals surface area contributed by atoms with Crippen molar-refractivity contribution in [2.45, 2.75) is 13.8 Å². The summed E-state index contributed by atoms with van der Waals surface area (Å²) in [6.07, 6.45) is 0. The number of carbonyl (C=O) groups excluding carboxylic acids is 1. The van der Waals surface area contributed by atoms with Crippen LogP contribution in [-0.2, 0) is 0 Å². The molecule has 0 radical (unpaired) electrons. The van der Waals surface area contributed by atoms with Crippen molar-refractivity contribution < 1.29 is 9.18 Å². The Morgan fingerprint density at radius 3 is 2.76 bits per heavy atom. The highest BCUT2D eigenvalue weighted by molar-refractivity contribution is 5.94. The Morgan fingerprint density at radius 2 is 2.24 bits per heavy atom. The first-order valence-corrected chi connectivity index (χ1v) is 5.37. The summed E-state index contributed by atoms with van der Waals surface area (Å²) in [4.78, 5) is 13.3. The summed E-state index contributed by atoms with van der Waals surface area (Å²) in [5.74, 6) is -1.19. The van der Waals surface area contributed by atoms with Gasteiger partial charge in [0.1, 0.15) is 5.82 Å². The van der Waals surface area contributed by atoms with Crippen molar-refractivity contribution in [2.24, 2.45) is 5.92 Å². The third kappa shape index (κ3) is 3.28. The van der Waals surface area contributed by atoms with E-state index in [1.54, 1.807) is 27.0 Å². The van der Waals surface area contributed by atoms with Crippen LogP contribution in [0, 0.1) is 30.0 Å². The molecule has 90 valence electrons. The molecule has 0 N–H and O–H groups in total. The molecule has 17 heavy (non-hydrogen) atoms. The van der Waals surface area contributed by atoms with Gasteiger partial charge in [0.2, 0.25) is 0 Å². The zero-order valence-electron chi connectivity index (χ0n) is 10.2. The van der Waals surface area contributed by atoms with Crippen molar-refractivity contribution in [1.29, 1.82) is 5.26 Å². The van der Waals surface area contributed by atoms with E-state index in [-0.39, 0.29) is 11.5 Å². The van der Waals surface area contributed by atoms with E-state index in [2.05, 4.69) is 0 Å². The first-order chi connectivity index (χ1) is 7.95. The lowest BCUT2D eigenvalue weighted by Crippen LogP contribution is -2.31. The number of amides is 1. The van der Waals surface area contributed by atoms with E-state index >= 15 is 0 Å². The molecule has 0 aliphatic carbocycles. The van der Waals surface area contributed by atoms with Crippen molar-refractivity contribution in [2.75, 3.05) is 13.6 Å². The van der Waals surface area contributed by atoms with Gasteiger partial charge in [-0.3, -0.25) is 4.79 Å². The van der Waals surface area contributed by atoms with Gasteiger partial charge in [-0.1, -0.05) is 6.07 Å². The number of halogens is 1. The summed E-state index contributed by atoms with van der Waals surface area (Å²) in [5, 5.41) is 8.66. The fraction of sp³-hybridized carbons (Fsp3) is 0.385. The summed E-state index contributed by atoms with van der Waals surface area (Å²) < 4.78 is 13.6. The lowest BCUT2D eigenvalue weighted by atomic mass is 10.1. The van der Waals surface area contributed by atoms with Crippen LogP contribution in [0.15, 0.2) is 18.2 Å². The Kier molecular flexibility index (Phi) is 4.22. The van der Waals surface area contributed by atoms with Crippen LogP contribution in [-0.4, -0.2) is 24.4 Å². The largest absolute Gasteiger partial charge is 0.340 e. The molecule has 0 heterocycles. The lowest BCUT2D eigenvalue weighted by Gasteiger charge is -2.18. The minimum Gasteiger partial charge on any atom is -0.340 e. The maximum atomic E-state index is 13.6. The zero-order valence-corrected chi connectivity index (χ0v) is 10.2. The van der Waals surface area contributed by atoms with Gasteiger partial charge in [-0.2, -0.15) is 5.26 Å². The van der Waals surface area contributed by atoms with Gasteiger partial charge < -0.3 is 4.90 Å². The van der Waals surface area contributed by atoms with E-state index in [1.807, 2.05) is 6.07 Å². The molecule has 0 aliphatic heterocycles. The predicted molar refractivity (Wildman–Crippen MR) is 62.9 cm³/mol. The summed E-state index contributed by atoms with van der Waals surface area (Å²) in [5.41, 5.74) is 0.815. The average Bonchev–Trinajstić information content (AvgIpc) is 2.28. The van der Waals surface area contributed by atoms with Crippen LogP contribution < -0.4 is 0 Å². The number of benzene rings is 1. The minimum absolute atomic E-state index is 0.0447. The molecule has 0 spiro atoms. The van der Waals surface area contributed by atoms with Gasteiger partial charge in [0.25, 0.3) is 5.91 Å². The van der Waals surface area contributed by atoms with E-state index in [9.17, 15) is 9.18 Å². The smallest absolute Gasteiger partial charge is 0.256 e. The number of hydrogen-bond donors (Lipinski definition) is 0. The van der Waals surface area contributed by atoms with Gasteiger partial charge in [-0.25, -0.2) is 4.39 Å². The molecule has 0 aromatic heterocycles. The summed E-state index contributed by atoms with van der Waals surface area (Å²) >= 11 is 0. The van der Waals surface area contributed by atoms with Crippen molar-refractivity contribution >= 4 is 5.91 Å². The molecule has 1 atom stereocenters. The van der Waals surface area contributed by atoms with Crippen LogP contribution in [0.25, 0.3) is 0 Å². The second-order valence-corrected chi connectivity index (χ2v) is 4.20. The zero-order chi connectivity index (χ0) is 13.0. The van der Waals surface area contributed by atoms with Crippen LogP contribution in [0.3, 0.4) is 0 Å². The Hall–Kier alpha value is -1.89. The highest BCUT2D eigenvalue weighted by atomic mass is 19.1. The van der Waals surface area contributed by atoms with Crippen LogP contribution in [0.4, 0.5) is 4.39 Å². The van der Waals surface area contributed by atoms with Gasteiger partial charge in [-0.15, -0.1) is 0 Å². The quantitative estimate of drug-likeness (QED) is 0.805. The molecule has 0 fully saturated rings. The molecule has 1 unspecified atom stereocenters. The Morgan fingerprint density at radius 1 is 1.59 bits per heavy atom. The van der Waals surface area contributed by atoms with Gasteiger partial charge in [0.05, 0.1) is 17.6 Å². The number of nitrogens with zero attached hydrogens (tertiary/aromatic N) is 2. The molecule has 1 aromatic carbocycles. The van der Waals surface area contributed by atoms with Crippen LogP contribution >= 0.6 is 0 Å². The van der Waals surface area contributed by atoms with E-state index in [1.165, 1.54) is 17.0 Å². The van der Waals surface area contributed by atoms with Gasteiger partial charge in [0, 0.05) is 13.6 Å². The number of carbonyl (C=O) groups is 1. The third-order valence-corrected chi connectivity index (χ3v) is 2.47. The van der Waals surface area contributed by atoms with Crippen molar-refractivity contribution in [3.8, 4) is 6.07 Å². The molecule has 3 nitrogen and oxygen atoms in total. The predicted octanol–water partition coefficient (Wildman–Crippen LogP) is 2.37. The van der Waals surface area contributed by atoms with Crippen molar-refractivity contribution in [1.82, 2.24) is 4.90 Å². The van der Waals surface area contributed by atoms with Crippen LogP contribution in [0.2, 0.25) is 0 Å². The number of aryl methyl sites for hydroxylation is 1.